The van der Waals surface area contributed by atoms with Crippen LogP contribution in [0.1, 0.15) is 18.3 Å². The summed E-state index contributed by atoms with van der Waals surface area (Å²) in [4.78, 5) is 25.2. The summed E-state index contributed by atoms with van der Waals surface area (Å²) in [6.07, 6.45) is 3.15. The highest BCUT2D eigenvalue weighted by Gasteiger charge is 2.13. The highest BCUT2D eigenvalue weighted by Crippen LogP contribution is 2.11. The summed E-state index contributed by atoms with van der Waals surface area (Å²) in [5.41, 5.74) is 1.54. The summed E-state index contributed by atoms with van der Waals surface area (Å²) in [7, 11) is 1.75. The molecule has 126 valence electrons. The average molecular weight is 327 g/mol. The van der Waals surface area contributed by atoms with Crippen molar-refractivity contribution in [1.29, 1.82) is 0 Å². The van der Waals surface area contributed by atoms with Gasteiger partial charge in [0, 0.05) is 19.3 Å². The summed E-state index contributed by atoms with van der Waals surface area (Å²) >= 11 is 0. The van der Waals surface area contributed by atoms with Crippen LogP contribution in [0, 0.1) is 0 Å². The van der Waals surface area contributed by atoms with Crippen LogP contribution in [0.3, 0.4) is 0 Å². The second-order valence-electron chi connectivity index (χ2n) is 5.35. The van der Waals surface area contributed by atoms with Crippen molar-refractivity contribution in [3.8, 4) is 0 Å². The molecule has 7 heteroatoms. The Morgan fingerprint density at radius 3 is 2.67 bits per heavy atom. The maximum atomic E-state index is 12.3. The van der Waals surface area contributed by atoms with Gasteiger partial charge in [-0.15, -0.1) is 10.2 Å². The molecule has 0 aliphatic rings. The largest absolute Gasteiger partial charge is 0.338 e. The highest BCUT2D eigenvalue weighted by atomic mass is 16.2. The van der Waals surface area contributed by atoms with E-state index in [1.54, 1.807) is 30.4 Å². The molecule has 1 heterocycles. The number of rotatable bonds is 7. The van der Waals surface area contributed by atoms with Gasteiger partial charge in [0.1, 0.15) is 6.33 Å². The number of hydrogen-bond donors (Lipinski definition) is 1. The molecule has 2 aromatic rings. The van der Waals surface area contributed by atoms with E-state index in [4.69, 9.17) is 0 Å². The van der Waals surface area contributed by atoms with Gasteiger partial charge in [-0.2, -0.15) is 0 Å². The van der Waals surface area contributed by atoms with Gasteiger partial charge in [-0.25, -0.2) is 0 Å². The lowest BCUT2D eigenvalue weighted by Gasteiger charge is -2.17. The maximum Gasteiger partial charge on any atom is 0.247 e. The zero-order valence-electron chi connectivity index (χ0n) is 13.9. The van der Waals surface area contributed by atoms with Crippen LogP contribution in [0.25, 0.3) is 0 Å². The molecule has 0 unspecified atom stereocenters. The van der Waals surface area contributed by atoms with Gasteiger partial charge >= 0.3 is 0 Å². The van der Waals surface area contributed by atoms with Crippen LogP contribution in [0.4, 0.5) is 5.69 Å². The number of likely N-dealkylation sites (N-methyl/N-ethyl adjacent to an activating group) is 1. The van der Waals surface area contributed by atoms with Gasteiger partial charge in [0.2, 0.25) is 11.8 Å². The number of aryl methyl sites for hydroxylation is 1. The molecule has 0 saturated carbocycles. The normalized spacial score (nSPS) is 10.2. The number of hydrogen-bond acceptors (Lipinski definition) is 4. The molecule has 2 rings (SSSR count). The SMILES string of the molecule is C=CC(=O)Nc1ccc(CC(=O)N(C)Cc2nncn2CC)cc1. The van der Waals surface area contributed by atoms with Crippen LogP contribution in [0.15, 0.2) is 43.2 Å². The van der Waals surface area contributed by atoms with Crippen LogP contribution in [-0.2, 0) is 29.1 Å². The number of nitrogens with zero attached hydrogens (tertiary/aromatic N) is 4. The van der Waals surface area contributed by atoms with E-state index in [-0.39, 0.29) is 18.2 Å². The zero-order valence-corrected chi connectivity index (χ0v) is 13.9. The fraction of sp³-hybridized carbons (Fsp3) is 0.294. The third-order valence-corrected chi connectivity index (χ3v) is 3.60. The molecule has 7 nitrogen and oxygen atoms in total. The Balaban J connectivity index is 1.93. The third-order valence-electron chi connectivity index (χ3n) is 3.60. The standard InChI is InChI=1S/C17H21N5O2/c1-4-16(23)19-14-8-6-13(7-9-14)10-17(24)21(3)11-15-20-18-12-22(15)5-2/h4,6-9,12H,1,5,10-11H2,2-3H3,(H,19,23). The van der Waals surface area contributed by atoms with Crippen molar-refractivity contribution in [3.05, 3.63) is 54.6 Å². The van der Waals surface area contributed by atoms with Crippen molar-refractivity contribution >= 4 is 17.5 Å². The lowest BCUT2D eigenvalue weighted by Crippen LogP contribution is -2.29. The van der Waals surface area contributed by atoms with Crippen molar-refractivity contribution < 1.29 is 9.59 Å². The minimum Gasteiger partial charge on any atom is -0.338 e. The van der Waals surface area contributed by atoms with E-state index >= 15 is 0 Å². The second-order valence-corrected chi connectivity index (χ2v) is 5.35. The van der Waals surface area contributed by atoms with Gasteiger partial charge in [0.15, 0.2) is 5.82 Å². The van der Waals surface area contributed by atoms with Gasteiger partial charge in [-0.05, 0) is 30.7 Å². The Morgan fingerprint density at radius 1 is 1.33 bits per heavy atom. The monoisotopic (exact) mass is 327 g/mol. The number of aromatic nitrogens is 3. The Bertz CT molecular complexity index is 721. The molecule has 0 aliphatic heterocycles. The predicted octanol–water partition coefficient (Wildman–Crippen LogP) is 1.62. The Labute approximate surface area is 141 Å². The van der Waals surface area contributed by atoms with Gasteiger partial charge in [0.05, 0.1) is 13.0 Å². The quantitative estimate of drug-likeness (QED) is 0.784. The van der Waals surface area contributed by atoms with E-state index in [1.807, 2.05) is 23.6 Å². The van der Waals surface area contributed by atoms with Crippen molar-refractivity contribution in [1.82, 2.24) is 19.7 Å². The maximum absolute atomic E-state index is 12.3. The number of nitrogens with one attached hydrogen (secondary N) is 1. The number of anilines is 1. The van der Waals surface area contributed by atoms with Crippen molar-refractivity contribution in [2.24, 2.45) is 0 Å². The van der Waals surface area contributed by atoms with Gasteiger partial charge in [-0.1, -0.05) is 18.7 Å². The molecule has 24 heavy (non-hydrogen) atoms. The fourth-order valence-corrected chi connectivity index (χ4v) is 2.17. The lowest BCUT2D eigenvalue weighted by molar-refractivity contribution is -0.129. The Hall–Kier alpha value is -2.96. The molecule has 1 aromatic carbocycles. The molecule has 1 N–H and O–H groups in total. The first kappa shape index (κ1) is 17.4. The minimum atomic E-state index is -0.265. The van der Waals surface area contributed by atoms with Gasteiger partial charge < -0.3 is 14.8 Å². The summed E-state index contributed by atoms with van der Waals surface area (Å²) in [5.74, 6) is 0.484. The first-order chi connectivity index (χ1) is 11.5. The minimum absolute atomic E-state index is 0.0106. The first-order valence-corrected chi connectivity index (χ1v) is 7.66. The van der Waals surface area contributed by atoms with Crippen LogP contribution in [0.5, 0.6) is 0 Å². The van der Waals surface area contributed by atoms with E-state index in [9.17, 15) is 9.59 Å². The van der Waals surface area contributed by atoms with Crippen LogP contribution in [-0.4, -0.2) is 38.5 Å². The van der Waals surface area contributed by atoms with E-state index in [0.29, 0.717) is 12.2 Å². The van der Waals surface area contributed by atoms with Crippen LogP contribution < -0.4 is 5.32 Å². The zero-order chi connectivity index (χ0) is 17.5. The molecular formula is C17H21N5O2. The predicted molar refractivity (Wildman–Crippen MR) is 91.1 cm³/mol. The van der Waals surface area contributed by atoms with Gasteiger partial charge in [-0.3, -0.25) is 9.59 Å². The van der Waals surface area contributed by atoms with E-state index in [0.717, 1.165) is 17.9 Å². The summed E-state index contributed by atoms with van der Waals surface area (Å²) in [6, 6.07) is 7.16. The first-order valence-electron chi connectivity index (χ1n) is 7.66. The smallest absolute Gasteiger partial charge is 0.247 e. The molecular weight excluding hydrogens is 306 g/mol. The van der Waals surface area contributed by atoms with Crippen LogP contribution in [0.2, 0.25) is 0 Å². The molecule has 1 aromatic heterocycles. The van der Waals surface area contributed by atoms with Gasteiger partial charge in [0.25, 0.3) is 0 Å². The average Bonchev–Trinajstić information content (AvgIpc) is 3.03. The molecule has 2 amide bonds. The lowest BCUT2D eigenvalue weighted by atomic mass is 10.1. The molecule has 0 atom stereocenters. The third kappa shape index (κ3) is 4.52. The van der Waals surface area contributed by atoms with E-state index < -0.39 is 0 Å². The summed E-state index contributed by atoms with van der Waals surface area (Å²) in [5, 5.41) is 10.6. The molecule has 0 aliphatic carbocycles. The van der Waals surface area contributed by atoms with Crippen molar-refractivity contribution in [2.45, 2.75) is 26.4 Å². The topological polar surface area (TPSA) is 80.1 Å². The number of benzene rings is 1. The van der Waals surface area contributed by atoms with Crippen molar-refractivity contribution in [2.75, 3.05) is 12.4 Å². The van der Waals surface area contributed by atoms with E-state index in [1.165, 1.54) is 6.08 Å². The molecule has 0 fully saturated rings. The van der Waals surface area contributed by atoms with E-state index in [2.05, 4.69) is 22.1 Å². The molecule has 0 saturated heterocycles. The number of carbonyl (C=O) groups excluding carboxylic acids is 2. The summed E-state index contributed by atoms with van der Waals surface area (Å²) < 4.78 is 1.90. The Kier molecular flexibility index (Phi) is 5.83. The molecule has 0 bridgehead atoms. The second kappa shape index (κ2) is 8.05. The number of amides is 2. The highest BCUT2D eigenvalue weighted by molar-refractivity contribution is 5.98. The molecule has 0 radical (unpaired) electrons. The van der Waals surface area contributed by atoms with Crippen LogP contribution >= 0.6 is 0 Å². The molecule has 0 spiro atoms. The fourth-order valence-electron chi connectivity index (χ4n) is 2.17. The Morgan fingerprint density at radius 2 is 2.04 bits per heavy atom. The van der Waals surface area contributed by atoms with Crippen molar-refractivity contribution in [3.63, 3.8) is 0 Å². The summed E-state index contributed by atoms with van der Waals surface area (Å²) in [6.45, 7) is 6.59. The number of carbonyl (C=O) groups is 2.